The highest BCUT2D eigenvalue weighted by Gasteiger charge is 2.40. The van der Waals surface area contributed by atoms with Gasteiger partial charge in [-0.1, -0.05) is 65.7 Å². The summed E-state index contributed by atoms with van der Waals surface area (Å²) in [4.78, 5) is 0. The van der Waals surface area contributed by atoms with Crippen LogP contribution >= 0.6 is 30.8 Å². The third-order valence-corrected chi connectivity index (χ3v) is 5.86. The first-order valence-corrected chi connectivity index (χ1v) is 10.1. The van der Waals surface area contributed by atoms with Crippen LogP contribution in [0.4, 0.5) is 0 Å². The molecular formula is C19H15Cl2O4P. The summed E-state index contributed by atoms with van der Waals surface area (Å²) in [6.07, 6.45) is 0. The summed E-state index contributed by atoms with van der Waals surface area (Å²) in [5.74, 6) is -1.00. The van der Waals surface area contributed by atoms with Crippen molar-refractivity contribution in [3.8, 4) is 11.5 Å². The molecule has 0 fully saturated rings. The lowest BCUT2D eigenvalue weighted by Gasteiger charge is -2.25. The maximum Gasteiger partial charge on any atom is 0.463 e. The van der Waals surface area contributed by atoms with Crippen molar-refractivity contribution < 1.29 is 18.7 Å². The average molecular weight is 409 g/mol. The van der Waals surface area contributed by atoms with Crippen LogP contribution in [0.15, 0.2) is 78.9 Å². The van der Waals surface area contributed by atoms with Crippen LogP contribution in [0.25, 0.3) is 0 Å². The topological polar surface area (TPSA) is 55.8 Å². The molecule has 0 unspecified atom stereocenters. The molecule has 134 valence electrons. The highest BCUT2D eigenvalue weighted by Crippen LogP contribution is 2.59. The first-order valence-electron chi connectivity index (χ1n) is 7.70. The normalized spacial score (nSPS) is 12.4. The van der Waals surface area contributed by atoms with Crippen molar-refractivity contribution in [2.75, 3.05) is 0 Å². The molecule has 1 atom stereocenters. The summed E-state index contributed by atoms with van der Waals surface area (Å²) < 4.78 is 24.7. The zero-order valence-corrected chi connectivity index (χ0v) is 15.9. The van der Waals surface area contributed by atoms with E-state index >= 15 is 0 Å². The zero-order chi connectivity index (χ0) is 18.6. The lowest BCUT2D eigenvalue weighted by molar-refractivity contribution is 0.212. The van der Waals surface area contributed by atoms with Crippen LogP contribution in [0.2, 0.25) is 10.0 Å². The van der Waals surface area contributed by atoms with E-state index in [1.807, 2.05) is 0 Å². The summed E-state index contributed by atoms with van der Waals surface area (Å²) in [5.41, 5.74) is 0.200. The molecule has 0 aliphatic carbocycles. The minimum Gasteiger partial charge on any atom is -0.414 e. The van der Waals surface area contributed by atoms with Gasteiger partial charge in [0.2, 0.25) is 5.85 Å². The Hall–Kier alpha value is -1.97. The third kappa shape index (κ3) is 4.40. The van der Waals surface area contributed by atoms with E-state index in [9.17, 15) is 9.67 Å². The molecule has 1 N–H and O–H groups in total. The van der Waals surface area contributed by atoms with E-state index in [0.717, 1.165) is 0 Å². The molecule has 0 radical (unpaired) electrons. The van der Waals surface area contributed by atoms with Crippen LogP contribution in [0.1, 0.15) is 11.4 Å². The van der Waals surface area contributed by atoms with Gasteiger partial charge in [0.15, 0.2) is 0 Å². The number of rotatable bonds is 6. The fourth-order valence-corrected chi connectivity index (χ4v) is 4.48. The predicted octanol–water partition coefficient (Wildman–Crippen LogP) is 6.34. The Kier molecular flexibility index (Phi) is 5.90. The molecule has 3 rings (SSSR count). The molecule has 0 aliphatic rings. The monoisotopic (exact) mass is 408 g/mol. The molecule has 0 bridgehead atoms. The SMILES string of the molecule is O=P(Oc1ccccc1)(Oc1ccccc1)[C@@H](O)c1ccc(Cl)cc1Cl. The summed E-state index contributed by atoms with van der Waals surface area (Å²) in [6.45, 7) is 0. The van der Waals surface area contributed by atoms with Crippen molar-refractivity contribution in [2.24, 2.45) is 0 Å². The van der Waals surface area contributed by atoms with Crippen molar-refractivity contribution in [1.82, 2.24) is 0 Å². The predicted molar refractivity (Wildman–Crippen MR) is 103 cm³/mol. The number of aliphatic hydroxyl groups excluding tert-OH is 1. The van der Waals surface area contributed by atoms with Crippen LogP contribution in [0.5, 0.6) is 11.5 Å². The van der Waals surface area contributed by atoms with Gasteiger partial charge < -0.3 is 14.2 Å². The van der Waals surface area contributed by atoms with Gasteiger partial charge in [-0.25, -0.2) is 4.57 Å². The number of hydrogen-bond acceptors (Lipinski definition) is 4. The Morgan fingerprint density at radius 3 is 1.77 bits per heavy atom. The van der Waals surface area contributed by atoms with E-state index < -0.39 is 13.4 Å². The summed E-state index contributed by atoms with van der Waals surface area (Å²) in [7, 11) is -4.09. The van der Waals surface area contributed by atoms with E-state index in [1.165, 1.54) is 12.1 Å². The molecule has 0 aliphatic heterocycles. The second-order valence-corrected chi connectivity index (χ2v) is 8.17. The molecule has 0 heterocycles. The molecule has 0 spiro atoms. The van der Waals surface area contributed by atoms with Gasteiger partial charge in [0.25, 0.3) is 0 Å². The molecule has 0 saturated carbocycles. The van der Waals surface area contributed by atoms with Crippen LogP contribution in [-0.2, 0) is 4.57 Å². The standard InChI is InChI=1S/C19H15Cl2O4P/c20-14-11-12-17(18(21)13-14)19(22)26(23,24-15-7-3-1-4-8-15)25-16-9-5-2-6-10-16/h1-13,19,22H/t19-/m1/s1. The molecular weight excluding hydrogens is 394 g/mol. The molecule has 7 heteroatoms. The van der Waals surface area contributed by atoms with Gasteiger partial charge in [-0.05, 0) is 36.4 Å². The fourth-order valence-electron chi connectivity index (χ4n) is 2.26. The fraction of sp³-hybridized carbons (Fsp3) is 0.0526. The lowest BCUT2D eigenvalue weighted by Crippen LogP contribution is -2.11. The first-order chi connectivity index (χ1) is 12.5. The number of aliphatic hydroxyl groups is 1. The summed E-state index contributed by atoms with van der Waals surface area (Å²) in [6, 6.07) is 21.5. The van der Waals surface area contributed by atoms with Gasteiger partial charge in [0, 0.05) is 15.6 Å². The molecule has 4 nitrogen and oxygen atoms in total. The van der Waals surface area contributed by atoms with E-state index in [2.05, 4.69) is 0 Å². The van der Waals surface area contributed by atoms with E-state index in [4.69, 9.17) is 32.2 Å². The summed E-state index contributed by atoms with van der Waals surface area (Å²) in [5, 5.41) is 11.4. The molecule has 26 heavy (non-hydrogen) atoms. The molecule has 0 amide bonds. The van der Waals surface area contributed by atoms with Crippen molar-refractivity contribution >= 4 is 30.8 Å². The van der Waals surface area contributed by atoms with Gasteiger partial charge in [-0.15, -0.1) is 0 Å². The van der Waals surface area contributed by atoms with Crippen molar-refractivity contribution in [2.45, 2.75) is 5.85 Å². The average Bonchev–Trinajstić information content (AvgIpc) is 2.63. The maximum atomic E-state index is 13.5. The maximum absolute atomic E-state index is 13.5. The van der Waals surface area contributed by atoms with Gasteiger partial charge in [0.1, 0.15) is 11.5 Å². The Morgan fingerprint density at radius 1 is 0.808 bits per heavy atom. The van der Waals surface area contributed by atoms with E-state index in [1.54, 1.807) is 66.7 Å². The third-order valence-electron chi connectivity index (χ3n) is 3.49. The second-order valence-electron chi connectivity index (χ2n) is 5.39. The van der Waals surface area contributed by atoms with Crippen molar-refractivity contribution in [1.29, 1.82) is 0 Å². The first kappa shape index (κ1) is 18.8. The zero-order valence-electron chi connectivity index (χ0n) is 13.5. The minimum atomic E-state index is -4.09. The Bertz CT molecular complexity index is 874. The van der Waals surface area contributed by atoms with E-state index in [-0.39, 0.29) is 10.6 Å². The van der Waals surface area contributed by atoms with Crippen molar-refractivity contribution in [3.05, 3.63) is 94.5 Å². The van der Waals surface area contributed by atoms with Crippen LogP contribution in [-0.4, -0.2) is 5.11 Å². The number of benzene rings is 3. The number of halogens is 2. The number of hydrogen-bond donors (Lipinski definition) is 1. The molecule has 3 aromatic rings. The van der Waals surface area contributed by atoms with Crippen LogP contribution in [0, 0.1) is 0 Å². The lowest BCUT2D eigenvalue weighted by atomic mass is 10.2. The Labute approximate surface area is 161 Å². The van der Waals surface area contributed by atoms with Crippen LogP contribution in [0.3, 0.4) is 0 Å². The Balaban J connectivity index is 2.00. The minimum absolute atomic E-state index is 0.165. The van der Waals surface area contributed by atoms with Gasteiger partial charge in [-0.2, -0.15) is 0 Å². The van der Waals surface area contributed by atoms with Crippen LogP contribution < -0.4 is 9.05 Å². The molecule has 0 saturated heterocycles. The van der Waals surface area contributed by atoms with E-state index in [0.29, 0.717) is 16.5 Å². The largest absolute Gasteiger partial charge is 0.463 e. The molecule has 3 aromatic carbocycles. The molecule has 0 aromatic heterocycles. The highest BCUT2D eigenvalue weighted by atomic mass is 35.5. The quantitative estimate of drug-likeness (QED) is 0.483. The highest BCUT2D eigenvalue weighted by molar-refractivity contribution is 7.54. The summed E-state index contributed by atoms with van der Waals surface area (Å²) >= 11 is 12.1. The van der Waals surface area contributed by atoms with Crippen molar-refractivity contribution in [3.63, 3.8) is 0 Å². The Morgan fingerprint density at radius 2 is 1.31 bits per heavy atom. The second kappa shape index (κ2) is 8.15. The van der Waals surface area contributed by atoms with Gasteiger partial charge >= 0.3 is 7.60 Å². The van der Waals surface area contributed by atoms with Gasteiger partial charge in [-0.3, -0.25) is 0 Å². The smallest absolute Gasteiger partial charge is 0.414 e. The van der Waals surface area contributed by atoms with Gasteiger partial charge in [0.05, 0.1) is 0 Å². The number of para-hydroxylation sites is 2.